The van der Waals surface area contributed by atoms with Gasteiger partial charge in [-0.25, -0.2) is 0 Å². The third-order valence-electron chi connectivity index (χ3n) is 1.25. The van der Waals surface area contributed by atoms with Gasteiger partial charge in [-0.3, -0.25) is 4.68 Å². The third-order valence-corrected chi connectivity index (χ3v) is 1.25. The smallest absolute Gasteiger partial charge is 0.232 e. The summed E-state index contributed by atoms with van der Waals surface area (Å²) in [4.78, 5) is 0. The van der Waals surface area contributed by atoms with Crippen molar-refractivity contribution in [3.05, 3.63) is 12.3 Å². The monoisotopic (exact) mass is 154 g/mol. The van der Waals surface area contributed by atoms with Crippen molar-refractivity contribution in [3.63, 3.8) is 0 Å². The maximum atomic E-state index is 5.36. The van der Waals surface area contributed by atoms with Gasteiger partial charge in [-0.2, -0.15) is 0 Å². The van der Waals surface area contributed by atoms with Crippen LogP contribution < -0.4 is 4.74 Å². The summed E-state index contributed by atoms with van der Waals surface area (Å²) in [5, 5.41) is 4.08. The van der Waals surface area contributed by atoms with E-state index in [1.165, 1.54) is 0 Å². The summed E-state index contributed by atoms with van der Waals surface area (Å²) in [5.41, 5.74) is 0. The van der Waals surface area contributed by atoms with E-state index in [1.54, 1.807) is 4.68 Å². The van der Waals surface area contributed by atoms with Crippen LogP contribution in [0.5, 0.6) is 5.88 Å². The van der Waals surface area contributed by atoms with Gasteiger partial charge in [0.1, 0.15) is 0 Å². The molecule has 62 valence electrons. The molecule has 3 heteroatoms. The second-order valence-corrected chi connectivity index (χ2v) is 3.03. The first kappa shape index (κ1) is 8.11. The van der Waals surface area contributed by atoms with E-state index in [0.717, 1.165) is 6.61 Å². The van der Waals surface area contributed by atoms with Crippen molar-refractivity contribution < 1.29 is 4.74 Å². The van der Waals surface area contributed by atoms with Gasteiger partial charge in [0, 0.05) is 19.3 Å². The van der Waals surface area contributed by atoms with Crippen LogP contribution in [0.25, 0.3) is 0 Å². The SMILES string of the molecule is CC(C)COc1ccn(C)n1. The number of aryl methyl sites for hydroxylation is 1. The van der Waals surface area contributed by atoms with E-state index >= 15 is 0 Å². The van der Waals surface area contributed by atoms with Gasteiger partial charge in [-0.1, -0.05) is 13.8 Å². The van der Waals surface area contributed by atoms with E-state index in [0.29, 0.717) is 11.8 Å². The fraction of sp³-hybridized carbons (Fsp3) is 0.625. The third kappa shape index (κ3) is 2.62. The molecule has 1 aromatic heterocycles. The molecule has 0 atom stereocenters. The van der Waals surface area contributed by atoms with Crippen LogP contribution in [0.4, 0.5) is 0 Å². The Morgan fingerprint density at radius 1 is 1.64 bits per heavy atom. The summed E-state index contributed by atoms with van der Waals surface area (Å²) in [6.07, 6.45) is 1.87. The lowest BCUT2D eigenvalue weighted by Gasteiger charge is -2.04. The lowest BCUT2D eigenvalue weighted by Crippen LogP contribution is -2.05. The molecule has 0 radical (unpaired) electrons. The first-order valence-corrected chi connectivity index (χ1v) is 3.81. The van der Waals surface area contributed by atoms with Gasteiger partial charge in [0.15, 0.2) is 0 Å². The number of rotatable bonds is 3. The molecular formula is C8H14N2O. The summed E-state index contributed by atoms with van der Waals surface area (Å²) in [6.45, 7) is 4.96. The van der Waals surface area contributed by atoms with Crippen LogP contribution in [0.1, 0.15) is 13.8 Å². The van der Waals surface area contributed by atoms with Crippen molar-refractivity contribution in [2.75, 3.05) is 6.61 Å². The molecule has 0 amide bonds. The summed E-state index contributed by atoms with van der Waals surface area (Å²) >= 11 is 0. The normalized spacial score (nSPS) is 10.5. The molecule has 0 saturated heterocycles. The Morgan fingerprint density at radius 2 is 2.36 bits per heavy atom. The van der Waals surface area contributed by atoms with E-state index in [-0.39, 0.29) is 0 Å². The molecule has 1 heterocycles. The fourth-order valence-corrected chi connectivity index (χ4v) is 0.723. The molecule has 0 N–H and O–H groups in total. The van der Waals surface area contributed by atoms with Gasteiger partial charge in [-0.05, 0) is 5.92 Å². The molecule has 0 saturated carbocycles. The minimum absolute atomic E-state index is 0.553. The van der Waals surface area contributed by atoms with Crippen molar-refractivity contribution >= 4 is 0 Å². The first-order valence-electron chi connectivity index (χ1n) is 3.81. The highest BCUT2D eigenvalue weighted by atomic mass is 16.5. The van der Waals surface area contributed by atoms with E-state index in [4.69, 9.17) is 4.74 Å². The number of ether oxygens (including phenoxy) is 1. The summed E-state index contributed by atoms with van der Waals surface area (Å²) in [6, 6.07) is 1.86. The number of hydrogen-bond donors (Lipinski definition) is 0. The summed E-state index contributed by atoms with van der Waals surface area (Å²) in [7, 11) is 1.88. The summed E-state index contributed by atoms with van der Waals surface area (Å²) in [5.74, 6) is 1.26. The molecule has 11 heavy (non-hydrogen) atoms. The molecule has 0 spiro atoms. The van der Waals surface area contributed by atoms with E-state index in [9.17, 15) is 0 Å². The van der Waals surface area contributed by atoms with E-state index in [2.05, 4.69) is 18.9 Å². The molecule has 3 nitrogen and oxygen atoms in total. The van der Waals surface area contributed by atoms with Crippen LogP contribution >= 0.6 is 0 Å². The molecule has 0 fully saturated rings. The van der Waals surface area contributed by atoms with Crippen LogP contribution in [0.15, 0.2) is 12.3 Å². The average Bonchev–Trinajstić information content (AvgIpc) is 2.31. The second kappa shape index (κ2) is 3.42. The highest BCUT2D eigenvalue weighted by molar-refractivity contribution is 5.05. The Morgan fingerprint density at radius 3 is 2.82 bits per heavy atom. The lowest BCUT2D eigenvalue weighted by atomic mass is 10.2. The zero-order valence-corrected chi connectivity index (χ0v) is 7.24. The molecule has 0 aliphatic carbocycles. The van der Waals surface area contributed by atoms with Crippen LogP contribution in [0.3, 0.4) is 0 Å². The van der Waals surface area contributed by atoms with Gasteiger partial charge in [0.25, 0.3) is 0 Å². The maximum absolute atomic E-state index is 5.36. The van der Waals surface area contributed by atoms with Crippen LogP contribution in [0, 0.1) is 5.92 Å². The van der Waals surface area contributed by atoms with Crippen molar-refractivity contribution in [1.29, 1.82) is 0 Å². The van der Waals surface area contributed by atoms with E-state index in [1.807, 2.05) is 19.3 Å². The van der Waals surface area contributed by atoms with Crippen molar-refractivity contribution in [2.24, 2.45) is 13.0 Å². The highest BCUT2D eigenvalue weighted by Gasteiger charge is 1.98. The molecule has 0 aliphatic rings. The number of aromatic nitrogens is 2. The number of nitrogens with zero attached hydrogens (tertiary/aromatic N) is 2. The lowest BCUT2D eigenvalue weighted by molar-refractivity contribution is 0.259. The van der Waals surface area contributed by atoms with E-state index < -0.39 is 0 Å². The Balaban J connectivity index is 2.39. The second-order valence-electron chi connectivity index (χ2n) is 3.03. The van der Waals surface area contributed by atoms with Gasteiger partial charge < -0.3 is 4.74 Å². The minimum Gasteiger partial charge on any atom is -0.476 e. The first-order chi connectivity index (χ1) is 5.18. The Bertz CT molecular complexity index is 218. The Kier molecular flexibility index (Phi) is 2.52. The molecule has 1 rings (SSSR count). The molecule has 0 bridgehead atoms. The predicted molar refractivity (Wildman–Crippen MR) is 43.5 cm³/mol. The zero-order chi connectivity index (χ0) is 8.27. The maximum Gasteiger partial charge on any atom is 0.232 e. The Labute approximate surface area is 67.0 Å². The van der Waals surface area contributed by atoms with Gasteiger partial charge in [-0.15, -0.1) is 5.10 Å². The van der Waals surface area contributed by atoms with Gasteiger partial charge >= 0.3 is 0 Å². The van der Waals surface area contributed by atoms with Crippen LogP contribution in [0.2, 0.25) is 0 Å². The fourth-order valence-electron chi connectivity index (χ4n) is 0.723. The minimum atomic E-state index is 0.553. The van der Waals surface area contributed by atoms with Crippen LogP contribution in [-0.4, -0.2) is 16.4 Å². The zero-order valence-electron chi connectivity index (χ0n) is 7.24. The van der Waals surface area contributed by atoms with Crippen molar-refractivity contribution in [2.45, 2.75) is 13.8 Å². The topological polar surface area (TPSA) is 27.1 Å². The largest absolute Gasteiger partial charge is 0.476 e. The molecule has 0 aliphatic heterocycles. The van der Waals surface area contributed by atoms with Crippen molar-refractivity contribution in [3.8, 4) is 5.88 Å². The number of hydrogen-bond acceptors (Lipinski definition) is 2. The quantitative estimate of drug-likeness (QED) is 0.659. The average molecular weight is 154 g/mol. The molecule has 0 aromatic carbocycles. The predicted octanol–water partition coefficient (Wildman–Crippen LogP) is 1.45. The standard InChI is InChI=1S/C8H14N2O/c1-7(2)6-11-8-4-5-10(3)9-8/h4-5,7H,6H2,1-3H3. The molecular weight excluding hydrogens is 140 g/mol. The van der Waals surface area contributed by atoms with Crippen molar-refractivity contribution in [1.82, 2.24) is 9.78 Å². The molecule has 0 unspecified atom stereocenters. The molecule has 1 aromatic rings. The van der Waals surface area contributed by atoms with Gasteiger partial charge in [0.2, 0.25) is 5.88 Å². The highest BCUT2D eigenvalue weighted by Crippen LogP contribution is 2.05. The van der Waals surface area contributed by atoms with Gasteiger partial charge in [0.05, 0.1) is 6.61 Å². The van der Waals surface area contributed by atoms with Crippen LogP contribution in [-0.2, 0) is 7.05 Å². The Hall–Kier alpha value is -0.990. The summed E-state index contributed by atoms with van der Waals surface area (Å²) < 4.78 is 7.09.